The van der Waals surface area contributed by atoms with Crippen molar-refractivity contribution in [1.82, 2.24) is 14.7 Å². The molecule has 8 nitrogen and oxygen atoms in total. The van der Waals surface area contributed by atoms with Gasteiger partial charge in [-0.2, -0.15) is 5.10 Å². The van der Waals surface area contributed by atoms with Gasteiger partial charge in [-0.3, -0.25) is 14.8 Å². The Morgan fingerprint density at radius 3 is 3.10 bits per heavy atom. The van der Waals surface area contributed by atoms with E-state index in [4.69, 9.17) is 4.74 Å². The van der Waals surface area contributed by atoms with Crippen LogP contribution in [-0.2, 0) is 11.3 Å². The molecule has 0 bridgehead atoms. The molecule has 2 heterocycles. The predicted octanol–water partition coefficient (Wildman–Crippen LogP) is 0.511. The molecule has 0 radical (unpaired) electrons. The molecule has 118 valence electrons. The molecule has 8 heteroatoms. The largest absolute Gasteiger partial charge is 0.390 e. The van der Waals surface area contributed by atoms with Crippen molar-refractivity contribution in [2.75, 3.05) is 33.4 Å². The number of likely N-dealkylation sites (tertiary alicyclic amines) is 1. The first-order chi connectivity index (χ1) is 10.1. The van der Waals surface area contributed by atoms with Crippen LogP contribution in [0, 0.1) is 16.0 Å². The van der Waals surface area contributed by atoms with Crippen LogP contribution in [0.25, 0.3) is 0 Å². The zero-order valence-corrected chi connectivity index (χ0v) is 12.2. The van der Waals surface area contributed by atoms with Crippen molar-refractivity contribution in [1.29, 1.82) is 0 Å². The molecule has 1 N–H and O–H groups in total. The highest BCUT2D eigenvalue weighted by atomic mass is 16.6. The Bertz CT molecular complexity index is 463. The molecule has 1 saturated heterocycles. The van der Waals surface area contributed by atoms with Gasteiger partial charge in [0.25, 0.3) is 0 Å². The maximum absolute atomic E-state index is 10.6. The Morgan fingerprint density at radius 1 is 1.62 bits per heavy atom. The summed E-state index contributed by atoms with van der Waals surface area (Å²) >= 11 is 0. The highest BCUT2D eigenvalue weighted by molar-refractivity contribution is 5.20. The quantitative estimate of drug-likeness (QED) is 0.582. The van der Waals surface area contributed by atoms with Crippen molar-refractivity contribution >= 4 is 5.69 Å². The van der Waals surface area contributed by atoms with E-state index in [0.717, 1.165) is 32.5 Å². The molecule has 0 amide bonds. The monoisotopic (exact) mass is 298 g/mol. The van der Waals surface area contributed by atoms with Crippen molar-refractivity contribution in [3.8, 4) is 0 Å². The van der Waals surface area contributed by atoms with Crippen LogP contribution < -0.4 is 0 Å². The van der Waals surface area contributed by atoms with Crippen LogP contribution in [0.5, 0.6) is 0 Å². The van der Waals surface area contributed by atoms with Crippen LogP contribution in [0.4, 0.5) is 5.69 Å². The van der Waals surface area contributed by atoms with E-state index in [-0.39, 0.29) is 12.2 Å². The topological polar surface area (TPSA) is 93.7 Å². The van der Waals surface area contributed by atoms with Crippen LogP contribution >= 0.6 is 0 Å². The number of aliphatic hydroxyl groups excluding tert-OH is 1. The second-order valence-corrected chi connectivity index (χ2v) is 5.55. The number of hydrogen-bond acceptors (Lipinski definition) is 6. The lowest BCUT2D eigenvalue weighted by Crippen LogP contribution is -2.42. The summed E-state index contributed by atoms with van der Waals surface area (Å²) in [5.74, 6) is 0.516. The van der Waals surface area contributed by atoms with Gasteiger partial charge in [-0.25, -0.2) is 0 Å². The number of β-amino-alcohol motifs (C(OH)–C–C–N with tert-alkyl or cyclic N) is 1. The van der Waals surface area contributed by atoms with Gasteiger partial charge in [0.1, 0.15) is 12.4 Å². The third kappa shape index (κ3) is 4.76. The van der Waals surface area contributed by atoms with Gasteiger partial charge in [-0.15, -0.1) is 0 Å². The number of ether oxygens (including phenoxy) is 1. The van der Waals surface area contributed by atoms with Gasteiger partial charge in [-0.1, -0.05) is 0 Å². The normalized spacial score (nSPS) is 21.3. The Hall–Kier alpha value is -1.51. The SMILES string of the molecule is COCC1CCCN(CC(O)Cn2cc([N+](=O)[O-])cn2)C1. The number of piperidine rings is 1. The molecule has 2 atom stereocenters. The van der Waals surface area contributed by atoms with Crippen molar-refractivity contribution in [2.45, 2.75) is 25.5 Å². The molecule has 0 aromatic carbocycles. The molecular formula is C13H22N4O4. The molecule has 1 aromatic heterocycles. The molecule has 1 aliphatic heterocycles. The van der Waals surface area contributed by atoms with Gasteiger partial charge in [0.05, 0.1) is 24.2 Å². The van der Waals surface area contributed by atoms with E-state index in [0.29, 0.717) is 12.5 Å². The Balaban J connectivity index is 1.80. The van der Waals surface area contributed by atoms with E-state index in [1.54, 1.807) is 7.11 Å². The predicted molar refractivity (Wildman–Crippen MR) is 75.9 cm³/mol. The van der Waals surface area contributed by atoms with Crippen LogP contribution in [0.2, 0.25) is 0 Å². The molecule has 0 aliphatic carbocycles. The number of rotatable bonds is 7. The highest BCUT2D eigenvalue weighted by Crippen LogP contribution is 2.17. The van der Waals surface area contributed by atoms with Gasteiger partial charge in [-0.05, 0) is 25.3 Å². The Kier molecular flexibility index (Phi) is 5.66. The molecular weight excluding hydrogens is 276 g/mol. The number of nitro groups is 1. The minimum absolute atomic E-state index is 0.0552. The molecule has 21 heavy (non-hydrogen) atoms. The van der Waals surface area contributed by atoms with E-state index in [1.807, 2.05) is 0 Å². The lowest BCUT2D eigenvalue weighted by molar-refractivity contribution is -0.385. The lowest BCUT2D eigenvalue weighted by Gasteiger charge is -2.33. The second kappa shape index (κ2) is 7.48. The first kappa shape index (κ1) is 15.9. The maximum atomic E-state index is 10.6. The average Bonchev–Trinajstić information content (AvgIpc) is 2.88. The molecule has 1 aliphatic rings. The van der Waals surface area contributed by atoms with Crippen LogP contribution in [-0.4, -0.2) is 64.2 Å². The second-order valence-electron chi connectivity index (χ2n) is 5.55. The molecule has 2 rings (SSSR count). The molecule has 0 saturated carbocycles. The van der Waals surface area contributed by atoms with Gasteiger partial charge in [0, 0.05) is 20.2 Å². The van der Waals surface area contributed by atoms with E-state index in [9.17, 15) is 15.2 Å². The number of aromatic nitrogens is 2. The minimum Gasteiger partial charge on any atom is -0.390 e. The summed E-state index contributed by atoms with van der Waals surface area (Å²) in [5, 5.41) is 24.6. The summed E-state index contributed by atoms with van der Waals surface area (Å²) in [6, 6.07) is 0. The van der Waals surface area contributed by atoms with Crippen LogP contribution in [0.1, 0.15) is 12.8 Å². The fourth-order valence-electron chi connectivity index (χ4n) is 2.81. The first-order valence-corrected chi connectivity index (χ1v) is 7.14. The number of hydrogen-bond donors (Lipinski definition) is 1. The Labute approximate surface area is 123 Å². The van der Waals surface area contributed by atoms with E-state index in [1.165, 1.54) is 17.1 Å². The fourth-order valence-corrected chi connectivity index (χ4v) is 2.81. The van der Waals surface area contributed by atoms with Crippen molar-refractivity contribution < 1.29 is 14.8 Å². The zero-order valence-electron chi connectivity index (χ0n) is 12.2. The molecule has 0 spiro atoms. The standard InChI is InChI=1S/C13H22N4O4/c1-21-10-11-3-2-4-15(6-11)8-13(18)9-16-7-12(5-14-16)17(19)20/h5,7,11,13,18H,2-4,6,8-10H2,1H3. The average molecular weight is 298 g/mol. The molecule has 1 fully saturated rings. The maximum Gasteiger partial charge on any atom is 0.306 e. The van der Waals surface area contributed by atoms with Gasteiger partial charge < -0.3 is 14.7 Å². The van der Waals surface area contributed by atoms with Crippen molar-refractivity contribution in [3.63, 3.8) is 0 Å². The van der Waals surface area contributed by atoms with Crippen LogP contribution in [0.15, 0.2) is 12.4 Å². The van der Waals surface area contributed by atoms with Crippen molar-refractivity contribution in [2.24, 2.45) is 5.92 Å². The lowest BCUT2D eigenvalue weighted by atomic mass is 9.99. The Morgan fingerprint density at radius 2 is 2.43 bits per heavy atom. The third-order valence-corrected chi connectivity index (χ3v) is 3.70. The third-order valence-electron chi connectivity index (χ3n) is 3.70. The van der Waals surface area contributed by atoms with Gasteiger partial charge >= 0.3 is 5.69 Å². The summed E-state index contributed by atoms with van der Waals surface area (Å²) in [6.07, 6.45) is 4.21. The number of nitrogens with zero attached hydrogens (tertiary/aromatic N) is 4. The van der Waals surface area contributed by atoms with Gasteiger partial charge in [0.15, 0.2) is 0 Å². The molecule has 2 unspecified atom stereocenters. The first-order valence-electron chi connectivity index (χ1n) is 7.14. The van der Waals surface area contributed by atoms with E-state index < -0.39 is 11.0 Å². The number of aliphatic hydroxyl groups is 1. The smallest absolute Gasteiger partial charge is 0.306 e. The summed E-state index contributed by atoms with van der Waals surface area (Å²) in [4.78, 5) is 12.3. The van der Waals surface area contributed by atoms with E-state index in [2.05, 4.69) is 10.00 Å². The number of methoxy groups -OCH3 is 1. The summed E-state index contributed by atoms with van der Waals surface area (Å²) in [6.45, 7) is 3.45. The minimum atomic E-state index is -0.592. The highest BCUT2D eigenvalue weighted by Gasteiger charge is 2.22. The van der Waals surface area contributed by atoms with Crippen LogP contribution in [0.3, 0.4) is 0 Å². The fraction of sp³-hybridized carbons (Fsp3) is 0.769. The zero-order chi connectivity index (χ0) is 15.2. The van der Waals surface area contributed by atoms with Gasteiger partial charge in [0.2, 0.25) is 0 Å². The van der Waals surface area contributed by atoms with Crippen molar-refractivity contribution in [3.05, 3.63) is 22.5 Å². The summed E-state index contributed by atoms with van der Waals surface area (Å²) in [7, 11) is 1.71. The summed E-state index contributed by atoms with van der Waals surface area (Å²) in [5.41, 5.74) is -0.0552. The van der Waals surface area contributed by atoms with E-state index >= 15 is 0 Å². The molecule has 1 aromatic rings. The summed E-state index contributed by atoms with van der Waals surface area (Å²) < 4.78 is 6.60.